The van der Waals surface area contributed by atoms with Crippen molar-refractivity contribution in [3.63, 3.8) is 0 Å². The second-order valence-electron chi connectivity index (χ2n) is 6.07. The van der Waals surface area contributed by atoms with Crippen molar-refractivity contribution < 1.29 is 9.59 Å². The molecule has 2 aliphatic heterocycles. The van der Waals surface area contributed by atoms with Gasteiger partial charge in [-0.2, -0.15) is 0 Å². The maximum Gasteiger partial charge on any atom is 0.251 e. The summed E-state index contributed by atoms with van der Waals surface area (Å²) in [6.07, 6.45) is 1.42. The van der Waals surface area contributed by atoms with Crippen LogP contribution in [-0.4, -0.2) is 67.3 Å². The van der Waals surface area contributed by atoms with Gasteiger partial charge >= 0.3 is 0 Å². The topological polar surface area (TPSA) is 77.0 Å². The Labute approximate surface area is 162 Å². The summed E-state index contributed by atoms with van der Waals surface area (Å²) in [6.45, 7) is 5.25. The van der Waals surface area contributed by atoms with Gasteiger partial charge in [-0.1, -0.05) is 17.7 Å². The third-order valence-corrected chi connectivity index (χ3v) is 4.80. The van der Waals surface area contributed by atoms with Crippen LogP contribution < -0.4 is 15.5 Å². The number of halogens is 1. The van der Waals surface area contributed by atoms with Gasteiger partial charge in [0.25, 0.3) is 5.91 Å². The zero-order chi connectivity index (χ0) is 18.5. The molecule has 3 rings (SSSR count). The monoisotopic (exact) mass is 393 g/mol. The average molecular weight is 394 g/mol. The number of amides is 2. The van der Waals surface area contributed by atoms with Gasteiger partial charge in [-0.3, -0.25) is 24.4 Å². The summed E-state index contributed by atoms with van der Waals surface area (Å²) < 4.78 is 0. The quantitative estimate of drug-likeness (QED) is 0.437. The Hall–Kier alpha value is -1.87. The molecular formula is C17H20ClN5O2S. The van der Waals surface area contributed by atoms with Crippen LogP contribution >= 0.6 is 23.8 Å². The summed E-state index contributed by atoms with van der Waals surface area (Å²) in [6, 6.07) is 6.77. The van der Waals surface area contributed by atoms with Gasteiger partial charge in [0, 0.05) is 44.0 Å². The van der Waals surface area contributed by atoms with Crippen LogP contribution in [0.1, 0.15) is 0 Å². The minimum atomic E-state index is -0.997. The summed E-state index contributed by atoms with van der Waals surface area (Å²) in [7, 11) is 0. The van der Waals surface area contributed by atoms with Gasteiger partial charge in [-0.25, -0.2) is 0 Å². The highest BCUT2D eigenvalue weighted by Crippen LogP contribution is 2.23. The molecular weight excluding hydrogens is 374 g/mol. The molecule has 2 N–H and O–H groups in total. The second-order valence-corrected chi connectivity index (χ2v) is 6.90. The highest BCUT2D eigenvalue weighted by molar-refractivity contribution is 7.80. The Kier molecular flexibility index (Phi) is 6.31. The average Bonchev–Trinajstić information content (AvgIpc) is 2.61. The molecule has 26 heavy (non-hydrogen) atoms. The fourth-order valence-electron chi connectivity index (χ4n) is 2.90. The summed E-state index contributed by atoms with van der Waals surface area (Å²) in [5, 5.41) is 6.39. The number of carbonyl (C=O) groups is 2. The first kappa shape index (κ1) is 18.9. The summed E-state index contributed by atoms with van der Waals surface area (Å²) in [5.74, 6) is -1.88. The molecule has 2 saturated heterocycles. The Morgan fingerprint density at radius 3 is 2.81 bits per heavy atom. The lowest BCUT2D eigenvalue weighted by molar-refractivity contribution is -0.130. The maximum atomic E-state index is 12.8. The summed E-state index contributed by atoms with van der Waals surface area (Å²) >= 11 is 11.1. The van der Waals surface area contributed by atoms with Crippen molar-refractivity contribution in [2.24, 2.45) is 10.9 Å². The number of aliphatic imine (C=N–C) groups is 1. The van der Waals surface area contributed by atoms with Crippen LogP contribution in [0.2, 0.25) is 5.02 Å². The van der Waals surface area contributed by atoms with E-state index in [0.717, 1.165) is 32.7 Å². The standard InChI is InChI=1S/C17H20ClN5O2S/c18-12-2-1-3-13(10-12)23-16(25)14(15(24)21-17(23)26)11-20-6-9-22-7-4-19-5-8-22/h1-3,10-11,14,19H,4-9H2,(H,21,24,26)/t14-/m0/s1. The van der Waals surface area contributed by atoms with E-state index < -0.39 is 17.7 Å². The fraction of sp³-hybridized carbons (Fsp3) is 0.412. The van der Waals surface area contributed by atoms with E-state index in [1.165, 1.54) is 11.1 Å². The summed E-state index contributed by atoms with van der Waals surface area (Å²) in [5.41, 5.74) is 0.520. The van der Waals surface area contributed by atoms with E-state index >= 15 is 0 Å². The van der Waals surface area contributed by atoms with E-state index in [2.05, 4.69) is 20.5 Å². The van der Waals surface area contributed by atoms with Gasteiger partial charge in [0.2, 0.25) is 5.91 Å². The van der Waals surface area contributed by atoms with Crippen molar-refractivity contribution in [2.45, 2.75) is 0 Å². The minimum absolute atomic E-state index is 0.0488. The van der Waals surface area contributed by atoms with Gasteiger partial charge in [-0.05, 0) is 30.4 Å². The van der Waals surface area contributed by atoms with Gasteiger partial charge in [0.05, 0.1) is 12.2 Å². The number of nitrogens with zero attached hydrogens (tertiary/aromatic N) is 3. The first-order valence-corrected chi connectivity index (χ1v) is 9.22. The molecule has 1 atom stereocenters. The predicted octanol–water partition coefficient (Wildman–Crippen LogP) is 0.680. The molecule has 0 spiro atoms. The van der Waals surface area contributed by atoms with Gasteiger partial charge in [0.1, 0.15) is 0 Å². The van der Waals surface area contributed by atoms with E-state index in [4.69, 9.17) is 23.8 Å². The molecule has 0 unspecified atom stereocenters. The molecule has 2 fully saturated rings. The number of anilines is 1. The Balaban J connectivity index is 1.66. The van der Waals surface area contributed by atoms with Crippen LogP contribution in [-0.2, 0) is 9.59 Å². The van der Waals surface area contributed by atoms with Crippen molar-refractivity contribution in [3.05, 3.63) is 29.3 Å². The van der Waals surface area contributed by atoms with Crippen molar-refractivity contribution in [2.75, 3.05) is 44.2 Å². The number of hydrogen-bond acceptors (Lipinski definition) is 6. The molecule has 0 saturated carbocycles. The van der Waals surface area contributed by atoms with Crippen LogP contribution in [0.3, 0.4) is 0 Å². The number of hydrogen-bond donors (Lipinski definition) is 2. The normalized spacial score (nSPS) is 22.1. The molecule has 0 bridgehead atoms. The van der Waals surface area contributed by atoms with E-state index in [1.807, 2.05) is 0 Å². The van der Waals surface area contributed by atoms with Crippen molar-refractivity contribution >= 4 is 52.6 Å². The van der Waals surface area contributed by atoms with Crippen LogP contribution in [0.4, 0.5) is 5.69 Å². The van der Waals surface area contributed by atoms with E-state index in [1.54, 1.807) is 24.3 Å². The van der Waals surface area contributed by atoms with Crippen LogP contribution in [0.15, 0.2) is 29.3 Å². The molecule has 7 nitrogen and oxygen atoms in total. The molecule has 1 aromatic rings. The molecule has 1 aromatic carbocycles. The number of thiocarbonyl (C=S) groups is 1. The van der Waals surface area contributed by atoms with Crippen molar-refractivity contribution in [3.8, 4) is 0 Å². The fourth-order valence-corrected chi connectivity index (χ4v) is 3.38. The second kappa shape index (κ2) is 8.68. The molecule has 9 heteroatoms. The lowest BCUT2D eigenvalue weighted by Gasteiger charge is -2.31. The zero-order valence-corrected chi connectivity index (χ0v) is 15.7. The first-order chi connectivity index (χ1) is 12.6. The largest absolute Gasteiger partial charge is 0.314 e. The molecule has 0 radical (unpaired) electrons. The zero-order valence-electron chi connectivity index (χ0n) is 14.2. The SMILES string of the molecule is O=C1NC(=S)N(c2cccc(Cl)c2)C(=O)[C@H]1C=NCCN1CCNCC1. The van der Waals surface area contributed by atoms with Crippen molar-refractivity contribution in [1.82, 2.24) is 15.5 Å². The smallest absolute Gasteiger partial charge is 0.251 e. The molecule has 0 aliphatic carbocycles. The third-order valence-electron chi connectivity index (χ3n) is 4.28. The number of piperazine rings is 1. The molecule has 2 amide bonds. The highest BCUT2D eigenvalue weighted by Gasteiger charge is 2.38. The minimum Gasteiger partial charge on any atom is -0.314 e. The van der Waals surface area contributed by atoms with Crippen LogP contribution in [0.25, 0.3) is 0 Å². The summed E-state index contributed by atoms with van der Waals surface area (Å²) in [4.78, 5) is 32.8. The van der Waals surface area contributed by atoms with Crippen molar-refractivity contribution in [1.29, 1.82) is 0 Å². The highest BCUT2D eigenvalue weighted by atomic mass is 35.5. The molecule has 0 aromatic heterocycles. The lowest BCUT2D eigenvalue weighted by Crippen LogP contribution is -2.58. The Bertz CT molecular complexity index is 736. The Morgan fingerprint density at radius 1 is 1.31 bits per heavy atom. The maximum absolute atomic E-state index is 12.8. The number of benzene rings is 1. The van der Waals surface area contributed by atoms with Crippen LogP contribution in [0.5, 0.6) is 0 Å². The Morgan fingerprint density at radius 2 is 2.08 bits per heavy atom. The number of carbonyl (C=O) groups excluding carboxylic acids is 2. The molecule has 138 valence electrons. The van der Waals surface area contributed by atoms with Crippen LogP contribution in [0, 0.1) is 5.92 Å². The van der Waals surface area contributed by atoms with E-state index in [9.17, 15) is 9.59 Å². The molecule has 2 aliphatic rings. The first-order valence-electron chi connectivity index (χ1n) is 8.43. The number of nitrogens with one attached hydrogen (secondary N) is 2. The van der Waals surface area contributed by atoms with Gasteiger partial charge in [-0.15, -0.1) is 0 Å². The molecule has 2 heterocycles. The van der Waals surface area contributed by atoms with Gasteiger partial charge < -0.3 is 10.6 Å². The third kappa shape index (κ3) is 4.45. The van der Waals surface area contributed by atoms with E-state index in [-0.39, 0.29) is 5.11 Å². The van der Waals surface area contributed by atoms with E-state index in [0.29, 0.717) is 17.3 Å². The number of rotatable bonds is 5. The predicted molar refractivity (Wildman–Crippen MR) is 106 cm³/mol. The lowest BCUT2D eigenvalue weighted by atomic mass is 10.1. The van der Waals surface area contributed by atoms with Gasteiger partial charge in [0.15, 0.2) is 11.0 Å².